The zero-order chi connectivity index (χ0) is 34.8. The van der Waals surface area contributed by atoms with Gasteiger partial charge in [-0.3, -0.25) is 4.57 Å². The first-order chi connectivity index (χ1) is 26.8. The maximum absolute atomic E-state index is 5.70. The number of hydrogen-bond acceptors (Lipinski definition) is 4. The molecule has 54 heavy (non-hydrogen) atoms. The van der Waals surface area contributed by atoms with Gasteiger partial charge in [-0.05, 0) is 70.1 Å². The highest BCUT2D eigenvalue weighted by atomic mass is 32.1. The maximum atomic E-state index is 5.70. The monoisotopic (exact) mass is 720 g/mol. The Labute approximate surface area is 314 Å². The molecule has 0 fully saturated rings. The van der Waals surface area contributed by atoms with E-state index in [1.165, 1.54) is 89.9 Å². The summed E-state index contributed by atoms with van der Waals surface area (Å²) in [6.45, 7) is 0. The Morgan fingerprint density at radius 3 is 2.04 bits per heavy atom. The molecule has 0 radical (unpaired) electrons. The van der Waals surface area contributed by atoms with Gasteiger partial charge in [-0.25, -0.2) is 9.97 Å². The number of fused-ring (bicyclic) bond motifs is 10. The summed E-state index contributed by atoms with van der Waals surface area (Å²) in [5.41, 5.74) is 8.07. The molecule has 0 spiro atoms. The molecule has 14 aromatic rings. The van der Waals surface area contributed by atoms with E-state index in [1.54, 1.807) is 11.3 Å². The summed E-state index contributed by atoms with van der Waals surface area (Å²) < 4.78 is 8.70. The molecule has 0 unspecified atom stereocenters. The molecule has 0 N–H and O–H groups in total. The maximum Gasteiger partial charge on any atom is 0.236 e. The number of benzene rings is 8. The third-order valence-corrected chi connectivity index (χ3v) is 14.0. The van der Waals surface area contributed by atoms with Gasteiger partial charge in [0.1, 0.15) is 4.83 Å². The van der Waals surface area contributed by atoms with Crippen molar-refractivity contribution in [3.05, 3.63) is 146 Å². The van der Waals surface area contributed by atoms with Gasteiger partial charge < -0.3 is 4.40 Å². The Morgan fingerprint density at radius 2 is 1.11 bits per heavy atom. The van der Waals surface area contributed by atoms with Gasteiger partial charge in [0.2, 0.25) is 5.95 Å². The minimum absolute atomic E-state index is 0.695. The average molecular weight is 721 g/mol. The summed E-state index contributed by atoms with van der Waals surface area (Å²) in [5.74, 6) is 0.695. The fraction of sp³-hybridized carbons (Fsp3) is 0. The molecule has 0 saturated heterocycles. The van der Waals surface area contributed by atoms with Crippen LogP contribution in [0.2, 0.25) is 0 Å². The molecule has 14 rings (SSSR count). The van der Waals surface area contributed by atoms with Crippen LogP contribution < -0.4 is 0 Å². The Bertz CT molecular complexity index is 3910. The van der Waals surface area contributed by atoms with Gasteiger partial charge in [0, 0.05) is 62.8 Å². The fourth-order valence-electron chi connectivity index (χ4n) is 9.74. The van der Waals surface area contributed by atoms with Crippen LogP contribution in [0.25, 0.3) is 128 Å². The van der Waals surface area contributed by atoms with Gasteiger partial charge in [-0.15, -0.1) is 22.7 Å². The lowest BCUT2D eigenvalue weighted by molar-refractivity contribution is 1.02. The van der Waals surface area contributed by atoms with Crippen LogP contribution in [0.15, 0.2) is 146 Å². The largest absolute Gasteiger partial charge is 0.308 e. The first-order valence-corrected chi connectivity index (χ1v) is 19.9. The van der Waals surface area contributed by atoms with Crippen LogP contribution in [0.5, 0.6) is 0 Å². The van der Waals surface area contributed by atoms with Crippen molar-refractivity contribution < 1.29 is 0 Å². The van der Waals surface area contributed by atoms with Gasteiger partial charge in [0.25, 0.3) is 0 Å². The highest BCUT2D eigenvalue weighted by Gasteiger charge is 2.27. The summed E-state index contributed by atoms with van der Waals surface area (Å²) in [5, 5.41) is 15.0. The van der Waals surface area contributed by atoms with Crippen LogP contribution in [0.3, 0.4) is 0 Å². The van der Waals surface area contributed by atoms with Gasteiger partial charge in [-0.2, -0.15) is 0 Å². The van der Waals surface area contributed by atoms with E-state index >= 15 is 0 Å². The molecule has 6 aromatic heterocycles. The molecule has 0 amide bonds. The predicted molar refractivity (Wildman–Crippen MR) is 231 cm³/mol. The molecular formula is C48H24N4S2. The summed E-state index contributed by atoms with van der Waals surface area (Å²) in [4.78, 5) is 12.2. The zero-order valence-corrected chi connectivity index (χ0v) is 30.1. The zero-order valence-electron chi connectivity index (χ0n) is 28.5. The number of para-hydroxylation sites is 1. The van der Waals surface area contributed by atoms with E-state index in [2.05, 4.69) is 155 Å². The van der Waals surface area contributed by atoms with E-state index in [0.717, 1.165) is 32.5 Å². The van der Waals surface area contributed by atoms with E-state index in [4.69, 9.17) is 9.97 Å². The second-order valence-corrected chi connectivity index (χ2v) is 16.6. The van der Waals surface area contributed by atoms with E-state index < -0.39 is 0 Å². The predicted octanol–water partition coefficient (Wildman–Crippen LogP) is 13.7. The van der Waals surface area contributed by atoms with Crippen molar-refractivity contribution in [2.24, 2.45) is 0 Å². The topological polar surface area (TPSA) is 35.1 Å². The summed E-state index contributed by atoms with van der Waals surface area (Å²) in [6.07, 6.45) is 0. The van der Waals surface area contributed by atoms with Crippen molar-refractivity contribution in [2.75, 3.05) is 0 Å². The molecule has 6 heterocycles. The van der Waals surface area contributed by atoms with Crippen molar-refractivity contribution in [2.45, 2.75) is 0 Å². The fourth-order valence-corrected chi connectivity index (χ4v) is 11.9. The summed E-state index contributed by atoms with van der Waals surface area (Å²) >= 11 is 3.64. The van der Waals surface area contributed by atoms with E-state index in [1.807, 2.05) is 11.3 Å². The average Bonchev–Trinajstić information content (AvgIpc) is 3.95. The van der Waals surface area contributed by atoms with Crippen molar-refractivity contribution in [3.63, 3.8) is 0 Å². The van der Waals surface area contributed by atoms with Crippen molar-refractivity contribution in [3.8, 4) is 17.2 Å². The van der Waals surface area contributed by atoms with Gasteiger partial charge in [0.05, 0.1) is 33.3 Å². The summed E-state index contributed by atoms with van der Waals surface area (Å²) in [6, 6.07) is 53.4. The van der Waals surface area contributed by atoms with Crippen molar-refractivity contribution >= 4 is 134 Å². The normalized spacial score (nSPS) is 12.8. The molecule has 0 saturated carbocycles. The number of aromatic nitrogens is 4. The van der Waals surface area contributed by atoms with Gasteiger partial charge >= 0.3 is 0 Å². The van der Waals surface area contributed by atoms with Gasteiger partial charge in [0.15, 0.2) is 0 Å². The van der Waals surface area contributed by atoms with E-state index in [9.17, 15) is 0 Å². The third kappa shape index (κ3) is 3.27. The molecule has 0 aliphatic carbocycles. The lowest BCUT2D eigenvalue weighted by atomic mass is 9.94. The van der Waals surface area contributed by atoms with Crippen LogP contribution in [0.1, 0.15) is 0 Å². The molecule has 0 aliphatic rings. The minimum atomic E-state index is 0.695. The number of hydrogen-bond donors (Lipinski definition) is 0. The SMILES string of the molecule is c1ccc2c(c1)cc(-c1nc(-n3c4ccc5sc6ccc7c8ccccc8n8c9cccc3c9c4c5c6c78)nc3sc4ccccc4c13)c1ccccc12. The quantitative estimate of drug-likeness (QED) is 0.167. The molecule has 0 atom stereocenters. The van der Waals surface area contributed by atoms with Crippen LogP contribution >= 0.6 is 22.7 Å². The Kier molecular flexibility index (Phi) is 5.01. The molecule has 6 heteroatoms. The van der Waals surface area contributed by atoms with Crippen LogP contribution in [-0.2, 0) is 0 Å². The lowest BCUT2D eigenvalue weighted by Crippen LogP contribution is -2.03. The number of thiophene rings is 2. The molecular weight excluding hydrogens is 697 g/mol. The van der Waals surface area contributed by atoms with Crippen molar-refractivity contribution in [1.82, 2.24) is 18.9 Å². The lowest BCUT2D eigenvalue weighted by Gasteiger charge is -2.14. The minimum Gasteiger partial charge on any atom is -0.308 e. The van der Waals surface area contributed by atoms with Gasteiger partial charge in [-0.1, -0.05) is 97.1 Å². The first-order valence-electron chi connectivity index (χ1n) is 18.3. The smallest absolute Gasteiger partial charge is 0.236 e. The highest BCUT2D eigenvalue weighted by molar-refractivity contribution is 7.26. The van der Waals surface area contributed by atoms with Crippen LogP contribution in [0, 0.1) is 0 Å². The summed E-state index contributed by atoms with van der Waals surface area (Å²) in [7, 11) is 0. The first kappa shape index (κ1) is 28.0. The Morgan fingerprint density at radius 1 is 0.407 bits per heavy atom. The second kappa shape index (κ2) is 9.68. The molecule has 0 bridgehead atoms. The standard InChI is InChI=1S/C48H24N4S2/c1-2-11-26-25(10-1)24-32(28-13-4-3-12-27(26)28)45-40-31-15-6-8-19-37(31)54-47(40)50-48(49-45)52-35-18-9-17-34-41(35)42-36(52)21-23-38-43(42)44-39(53-38)22-20-30-29-14-5-7-16-33(29)51(34)46(30)44/h1-24H. The van der Waals surface area contributed by atoms with Crippen LogP contribution in [0.4, 0.5) is 0 Å². The molecule has 248 valence electrons. The number of nitrogens with zero attached hydrogens (tertiary/aromatic N) is 4. The highest BCUT2D eigenvalue weighted by Crippen LogP contribution is 2.50. The molecule has 4 nitrogen and oxygen atoms in total. The molecule has 8 aromatic carbocycles. The third-order valence-electron chi connectivity index (χ3n) is 11.9. The Balaban J connectivity index is 1.20. The molecule has 0 aliphatic heterocycles. The second-order valence-electron chi connectivity index (χ2n) is 14.5. The Hall–Kier alpha value is -6.60. The van der Waals surface area contributed by atoms with E-state index in [-0.39, 0.29) is 0 Å². The number of rotatable bonds is 2. The van der Waals surface area contributed by atoms with Crippen LogP contribution in [-0.4, -0.2) is 18.9 Å². The van der Waals surface area contributed by atoms with Crippen molar-refractivity contribution in [1.29, 1.82) is 0 Å². The van der Waals surface area contributed by atoms with E-state index in [0.29, 0.717) is 5.95 Å².